The number of aromatic nitrogens is 3. The van der Waals surface area contributed by atoms with Crippen LogP contribution in [0.5, 0.6) is 5.88 Å². The van der Waals surface area contributed by atoms with E-state index in [0.717, 1.165) is 36.1 Å². The van der Waals surface area contributed by atoms with E-state index in [1.165, 1.54) is 0 Å². The summed E-state index contributed by atoms with van der Waals surface area (Å²) in [6.07, 6.45) is 5.95. The summed E-state index contributed by atoms with van der Waals surface area (Å²) in [5, 5.41) is 6.26. The molecule has 0 fully saturated rings. The van der Waals surface area contributed by atoms with Crippen LogP contribution in [0.4, 0.5) is 11.6 Å². The highest BCUT2D eigenvalue weighted by Gasteiger charge is 2.41. The number of aryl methyl sites for hydroxylation is 1. The molecule has 154 valence electrons. The highest BCUT2D eigenvalue weighted by molar-refractivity contribution is 5.98. The van der Waals surface area contributed by atoms with Crippen molar-refractivity contribution in [3.05, 3.63) is 71.7 Å². The normalized spacial score (nSPS) is 17.7. The number of anilines is 2. The van der Waals surface area contributed by atoms with Crippen LogP contribution in [-0.4, -0.2) is 28.0 Å². The standard InChI is InChI=1S/C23H25N5O2/c1-23(21(29)27-18-10-11-19(30-2)24-15-18)12-6-9-17-14-26-22(28-20(17)23)25-13-16-7-4-3-5-8-16/h3-5,7-8,10-11,14-15H,6,9,12-13H2,1-2H3,(H,27,29)(H,25,26,28). The molecule has 3 aromatic rings. The van der Waals surface area contributed by atoms with E-state index in [4.69, 9.17) is 9.72 Å². The zero-order valence-corrected chi connectivity index (χ0v) is 17.2. The van der Waals surface area contributed by atoms with Crippen LogP contribution in [0, 0.1) is 0 Å². The van der Waals surface area contributed by atoms with Gasteiger partial charge in [0.25, 0.3) is 0 Å². The molecule has 2 aromatic heterocycles. The number of ether oxygens (including phenoxy) is 1. The molecular formula is C23H25N5O2. The van der Waals surface area contributed by atoms with Gasteiger partial charge in [-0.15, -0.1) is 0 Å². The quantitative estimate of drug-likeness (QED) is 0.652. The molecule has 0 aliphatic heterocycles. The van der Waals surface area contributed by atoms with E-state index in [1.807, 2.05) is 43.5 Å². The fraction of sp³-hybridized carbons (Fsp3) is 0.304. The van der Waals surface area contributed by atoms with Crippen molar-refractivity contribution in [1.82, 2.24) is 15.0 Å². The maximum absolute atomic E-state index is 13.2. The minimum Gasteiger partial charge on any atom is -0.481 e. The first kappa shape index (κ1) is 19.8. The number of amides is 1. The zero-order chi connectivity index (χ0) is 21.0. The Morgan fingerprint density at radius 1 is 1.13 bits per heavy atom. The highest BCUT2D eigenvalue weighted by atomic mass is 16.5. The molecule has 0 spiro atoms. The minimum atomic E-state index is -0.736. The molecule has 0 bridgehead atoms. The van der Waals surface area contributed by atoms with E-state index in [-0.39, 0.29) is 5.91 Å². The van der Waals surface area contributed by atoms with Crippen LogP contribution in [0.15, 0.2) is 54.9 Å². The van der Waals surface area contributed by atoms with Crippen LogP contribution in [0.3, 0.4) is 0 Å². The lowest BCUT2D eigenvalue weighted by atomic mass is 9.74. The molecule has 7 nitrogen and oxygen atoms in total. The number of benzene rings is 1. The topological polar surface area (TPSA) is 89.0 Å². The second-order valence-electron chi connectivity index (χ2n) is 7.64. The van der Waals surface area contributed by atoms with Gasteiger partial charge in [-0.25, -0.2) is 15.0 Å². The van der Waals surface area contributed by atoms with Crippen LogP contribution in [0.2, 0.25) is 0 Å². The molecule has 0 radical (unpaired) electrons. The molecule has 7 heteroatoms. The summed E-state index contributed by atoms with van der Waals surface area (Å²) in [6.45, 7) is 2.57. The Morgan fingerprint density at radius 3 is 2.70 bits per heavy atom. The largest absolute Gasteiger partial charge is 0.481 e. The van der Waals surface area contributed by atoms with E-state index in [9.17, 15) is 4.79 Å². The van der Waals surface area contributed by atoms with Crippen molar-refractivity contribution >= 4 is 17.5 Å². The SMILES string of the molecule is COc1ccc(NC(=O)C2(C)CCCc3cnc(NCc4ccccc4)nc32)cn1. The van der Waals surface area contributed by atoms with Crippen LogP contribution in [-0.2, 0) is 23.2 Å². The molecule has 2 heterocycles. The molecule has 1 aliphatic rings. The number of carbonyl (C=O) groups excluding carboxylic acids is 1. The summed E-state index contributed by atoms with van der Waals surface area (Å²) in [5.41, 5.74) is 2.85. The van der Waals surface area contributed by atoms with Gasteiger partial charge in [-0.2, -0.15) is 0 Å². The first-order valence-electron chi connectivity index (χ1n) is 10.0. The number of rotatable bonds is 6. The van der Waals surface area contributed by atoms with Crippen LogP contribution >= 0.6 is 0 Å². The Bertz CT molecular complexity index is 1020. The predicted molar refractivity (Wildman–Crippen MR) is 116 cm³/mol. The van der Waals surface area contributed by atoms with Crippen molar-refractivity contribution in [3.8, 4) is 5.88 Å². The number of pyridine rings is 1. The summed E-state index contributed by atoms with van der Waals surface area (Å²) in [6, 6.07) is 13.6. The fourth-order valence-electron chi connectivity index (χ4n) is 3.75. The molecular weight excluding hydrogens is 378 g/mol. The predicted octanol–water partition coefficient (Wildman–Crippen LogP) is 3.73. The number of methoxy groups -OCH3 is 1. The summed E-state index contributed by atoms with van der Waals surface area (Å²) in [4.78, 5) is 26.6. The van der Waals surface area contributed by atoms with Crippen molar-refractivity contribution in [3.63, 3.8) is 0 Å². The van der Waals surface area contributed by atoms with Gasteiger partial charge >= 0.3 is 0 Å². The average molecular weight is 403 g/mol. The van der Waals surface area contributed by atoms with E-state index in [1.54, 1.807) is 25.4 Å². The number of hydrogen-bond donors (Lipinski definition) is 2. The molecule has 1 unspecified atom stereocenters. The Balaban J connectivity index is 1.55. The molecule has 4 rings (SSSR count). The maximum Gasteiger partial charge on any atom is 0.236 e. The summed E-state index contributed by atoms with van der Waals surface area (Å²) in [5.74, 6) is 0.942. The van der Waals surface area contributed by atoms with Gasteiger partial charge in [0, 0.05) is 18.8 Å². The molecule has 0 saturated heterocycles. The van der Waals surface area contributed by atoms with Crippen LogP contribution < -0.4 is 15.4 Å². The van der Waals surface area contributed by atoms with Crippen molar-refractivity contribution < 1.29 is 9.53 Å². The van der Waals surface area contributed by atoms with Crippen molar-refractivity contribution in [2.24, 2.45) is 0 Å². The monoisotopic (exact) mass is 403 g/mol. The Kier molecular flexibility index (Phi) is 5.61. The highest BCUT2D eigenvalue weighted by Crippen LogP contribution is 2.37. The van der Waals surface area contributed by atoms with Gasteiger partial charge in [-0.3, -0.25) is 4.79 Å². The second-order valence-corrected chi connectivity index (χ2v) is 7.64. The third kappa shape index (κ3) is 4.10. The summed E-state index contributed by atoms with van der Waals surface area (Å²) >= 11 is 0. The first-order chi connectivity index (χ1) is 14.6. The molecule has 0 saturated carbocycles. The van der Waals surface area contributed by atoms with Crippen LogP contribution in [0.1, 0.15) is 36.6 Å². The minimum absolute atomic E-state index is 0.0943. The van der Waals surface area contributed by atoms with Crippen molar-refractivity contribution in [2.45, 2.75) is 38.1 Å². The Hall–Kier alpha value is -3.48. The number of hydrogen-bond acceptors (Lipinski definition) is 6. The third-order valence-electron chi connectivity index (χ3n) is 5.51. The van der Waals surface area contributed by atoms with Gasteiger partial charge in [-0.1, -0.05) is 30.3 Å². The average Bonchev–Trinajstić information content (AvgIpc) is 2.79. The van der Waals surface area contributed by atoms with Gasteiger partial charge < -0.3 is 15.4 Å². The molecule has 1 aromatic carbocycles. The van der Waals surface area contributed by atoms with E-state index in [2.05, 4.69) is 20.6 Å². The van der Waals surface area contributed by atoms with Crippen LogP contribution in [0.25, 0.3) is 0 Å². The maximum atomic E-state index is 13.2. The third-order valence-corrected chi connectivity index (χ3v) is 5.51. The van der Waals surface area contributed by atoms with Gasteiger partial charge in [0.15, 0.2) is 0 Å². The summed E-state index contributed by atoms with van der Waals surface area (Å²) in [7, 11) is 1.56. The Morgan fingerprint density at radius 2 is 1.97 bits per heavy atom. The Labute approximate surface area is 175 Å². The van der Waals surface area contributed by atoms with E-state index in [0.29, 0.717) is 24.1 Å². The van der Waals surface area contributed by atoms with Gasteiger partial charge in [0.05, 0.1) is 30.1 Å². The molecule has 2 N–H and O–H groups in total. The number of carbonyl (C=O) groups is 1. The molecule has 1 aliphatic carbocycles. The van der Waals surface area contributed by atoms with E-state index >= 15 is 0 Å². The smallest absolute Gasteiger partial charge is 0.236 e. The van der Waals surface area contributed by atoms with Gasteiger partial charge in [0.1, 0.15) is 0 Å². The lowest BCUT2D eigenvalue weighted by Gasteiger charge is -2.33. The fourth-order valence-corrected chi connectivity index (χ4v) is 3.75. The van der Waals surface area contributed by atoms with Crippen molar-refractivity contribution in [1.29, 1.82) is 0 Å². The first-order valence-corrected chi connectivity index (χ1v) is 10.0. The molecule has 1 amide bonds. The lowest BCUT2D eigenvalue weighted by molar-refractivity contribution is -0.121. The molecule has 30 heavy (non-hydrogen) atoms. The van der Waals surface area contributed by atoms with Gasteiger partial charge in [0.2, 0.25) is 17.7 Å². The summed E-state index contributed by atoms with van der Waals surface area (Å²) < 4.78 is 5.08. The van der Waals surface area contributed by atoms with Gasteiger partial charge in [-0.05, 0) is 43.4 Å². The second kappa shape index (κ2) is 8.49. The number of nitrogens with one attached hydrogen (secondary N) is 2. The lowest BCUT2D eigenvalue weighted by Crippen LogP contribution is -2.41. The molecule has 1 atom stereocenters. The zero-order valence-electron chi connectivity index (χ0n) is 17.2. The van der Waals surface area contributed by atoms with Crippen molar-refractivity contribution in [2.75, 3.05) is 17.7 Å². The number of fused-ring (bicyclic) bond motifs is 1. The van der Waals surface area contributed by atoms with E-state index < -0.39 is 5.41 Å². The number of nitrogens with zero attached hydrogens (tertiary/aromatic N) is 3.